The molecule has 1 aliphatic rings. The van der Waals surface area contributed by atoms with E-state index in [0.717, 1.165) is 31.0 Å². The van der Waals surface area contributed by atoms with Gasteiger partial charge in [0.2, 0.25) is 0 Å². The average molecular weight is 282 g/mol. The van der Waals surface area contributed by atoms with Gasteiger partial charge in [0, 0.05) is 17.5 Å². The van der Waals surface area contributed by atoms with E-state index in [-0.39, 0.29) is 0 Å². The second-order valence-electron chi connectivity index (χ2n) is 6.13. The third-order valence-corrected chi connectivity index (χ3v) is 4.70. The smallest absolute Gasteiger partial charge is 0.119 e. The van der Waals surface area contributed by atoms with Crippen molar-refractivity contribution in [3.05, 3.63) is 15.6 Å². The molecule has 0 saturated carbocycles. The highest BCUT2D eigenvalue weighted by Gasteiger charge is 2.34. The van der Waals surface area contributed by atoms with Crippen LogP contribution in [-0.2, 0) is 17.8 Å². The maximum atomic E-state index is 5.62. The second-order valence-corrected chi connectivity index (χ2v) is 7.24. The van der Waals surface area contributed by atoms with Gasteiger partial charge in [-0.05, 0) is 31.2 Å². The molecule has 0 bridgehead atoms. The number of hydrogen-bond donors (Lipinski definition) is 1. The van der Waals surface area contributed by atoms with Gasteiger partial charge < -0.3 is 10.1 Å². The van der Waals surface area contributed by atoms with E-state index in [0.29, 0.717) is 18.1 Å². The lowest BCUT2D eigenvalue weighted by atomic mass is 9.76. The fourth-order valence-electron chi connectivity index (χ4n) is 2.76. The minimum Gasteiger partial charge on any atom is -0.374 e. The molecular weight excluding hydrogens is 256 g/mol. The van der Waals surface area contributed by atoms with Crippen LogP contribution in [0.5, 0.6) is 0 Å². The van der Waals surface area contributed by atoms with Crippen molar-refractivity contribution in [3.8, 4) is 0 Å². The van der Waals surface area contributed by atoms with E-state index in [4.69, 9.17) is 9.72 Å². The summed E-state index contributed by atoms with van der Waals surface area (Å²) in [5.74, 6) is 0. The Kier molecular flexibility index (Phi) is 4.98. The normalized spacial score (nSPS) is 21.4. The predicted octanol–water partition coefficient (Wildman–Crippen LogP) is 3.69. The van der Waals surface area contributed by atoms with Gasteiger partial charge in [-0.1, -0.05) is 27.7 Å². The van der Waals surface area contributed by atoms with Crippen molar-refractivity contribution < 1.29 is 4.74 Å². The zero-order valence-electron chi connectivity index (χ0n) is 12.6. The molecule has 1 aliphatic carbocycles. The Morgan fingerprint density at radius 2 is 2.21 bits per heavy atom. The first-order valence-corrected chi connectivity index (χ1v) is 8.17. The Hall–Kier alpha value is -0.450. The average Bonchev–Trinajstić information content (AvgIpc) is 2.71. The molecule has 0 aromatic carbocycles. The molecule has 0 amide bonds. The van der Waals surface area contributed by atoms with E-state index in [1.54, 1.807) is 0 Å². The summed E-state index contributed by atoms with van der Waals surface area (Å²) in [5, 5.41) is 4.74. The minimum atomic E-state index is 0.343. The number of nitrogens with one attached hydrogen (secondary N) is 1. The molecule has 0 aliphatic heterocycles. The number of fused-ring (bicyclic) bond motifs is 1. The van der Waals surface area contributed by atoms with Crippen LogP contribution in [0.2, 0.25) is 0 Å². The van der Waals surface area contributed by atoms with Gasteiger partial charge in [-0.3, -0.25) is 0 Å². The highest BCUT2D eigenvalue weighted by atomic mass is 32.1. The summed E-state index contributed by atoms with van der Waals surface area (Å²) < 4.78 is 5.62. The van der Waals surface area contributed by atoms with Crippen molar-refractivity contribution in [1.29, 1.82) is 0 Å². The van der Waals surface area contributed by atoms with E-state index in [1.165, 1.54) is 17.0 Å². The van der Waals surface area contributed by atoms with E-state index < -0.39 is 0 Å². The number of rotatable bonds is 6. The van der Waals surface area contributed by atoms with Gasteiger partial charge in [0.1, 0.15) is 5.01 Å². The summed E-state index contributed by atoms with van der Waals surface area (Å²) in [6.45, 7) is 11.5. The molecule has 2 rings (SSSR count). The van der Waals surface area contributed by atoms with Crippen molar-refractivity contribution in [2.75, 3.05) is 13.2 Å². The lowest BCUT2D eigenvalue weighted by molar-refractivity contribution is 0.121. The molecule has 0 spiro atoms. The predicted molar refractivity (Wildman–Crippen MR) is 80.6 cm³/mol. The van der Waals surface area contributed by atoms with Crippen molar-refractivity contribution in [3.63, 3.8) is 0 Å². The summed E-state index contributed by atoms with van der Waals surface area (Å²) in [7, 11) is 0. The van der Waals surface area contributed by atoms with E-state index in [2.05, 4.69) is 33.0 Å². The Morgan fingerprint density at radius 1 is 1.42 bits per heavy atom. The molecule has 4 heteroatoms. The van der Waals surface area contributed by atoms with E-state index >= 15 is 0 Å². The maximum absolute atomic E-state index is 5.62. The van der Waals surface area contributed by atoms with Crippen LogP contribution in [0.3, 0.4) is 0 Å². The van der Waals surface area contributed by atoms with Crippen molar-refractivity contribution in [2.45, 2.75) is 59.6 Å². The van der Waals surface area contributed by atoms with Gasteiger partial charge in [0.05, 0.1) is 12.3 Å². The summed E-state index contributed by atoms with van der Waals surface area (Å²) in [4.78, 5) is 6.25. The summed E-state index contributed by atoms with van der Waals surface area (Å²) >= 11 is 1.84. The molecule has 1 aromatic rings. The summed E-state index contributed by atoms with van der Waals surface area (Å²) in [5.41, 5.74) is 1.64. The number of ether oxygens (including phenoxy) is 1. The van der Waals surface area contributed by atoms with Crippen LogP contribution in [0.4, 0.5) is 0 Å². The Bertz CT molecular complexity index is 414. The first-order valence-electron chi connectivity index (χ1n) is 7.35. The maximum Gasteiger partial charge on any atom is 0.119 e. The van der Waals surface area contributed by atoms with Crippen LogP contribution in [0.15, 0.2) is 0 Å². The van der Waals surface area contributed by atoms with Gasteiger partial charge in [-0.25, -0.2) is 4.98 Å². The molecule has 0 fully saturated rings. The molecule has 0 saturated heterocycles. The molecule has 3 nitrogen and oxygen atoms in total. The molecule has 19 heavy (non-hydrogen) atoms. The molecule has 1 heterocycles. The quantitative estimate of drug-likeness (QED) is 0.808. The van der Waals surface area contributed by atoms with Gasteiger partial charge >= 0.3 is 0 Å². The first kappa shape index (κ1) is 14.9. The van der Waals surface area contributed by atoms with Gasteiger partial charge in [0.25, 0.3) is 0 Å². The van der Waals surface area contributed by atoms with Crippen LogP contribution in [-0.4, -0.2) is 18.1 Å². The van der Waals surface area contributed by atoms with Crippen LogP contribution < -0.4 is 5.32 Å². The van der Waals surface area contributed by atoms with Crippen molar-refractivity contribution in [2.24, 2.45) is 5.41 Å². The fraction of sp³-hybridized carbons (Fsp3) is 0.800. The highest BCUT2D eigenvalue weighted by molar-refractivity contribution is 7.11. The molecular formula is C15H26N2OS. The standard InChI is InChI=1S/C15H26N2OS/c1-5-7-18-10-13-17-12-9-15(3,4)8-11(16-6-2)14(12)19-13/h11,16H,5-10H2,1-4H3. The SMILES string of the molecule is CCCOCc1nc2c(s1)C(NCC)CC(C)(C)C2. The lowest BCUT2D eigenvalue weighted by Crippen LogP contribution is -2.32. The number of aromatic nitrogens is 1. The molecule has 0 radical (unpaired) electrons. The topological polar surface area (TPSA) is 34.1 Å². The molecule has 108 valence electrons. The minimum absolute atomic E-state index is 0.343. The zero-order chi connectivity index (χ0) is 13.9. The number of nitrogens with zero attached hydrogens (tertiary/aromatic N) is 1. The van der Waals surface area contributed by atoms with Crippen LogP contribution in [0, 0.1) is 5.41 Å². The monoisotopic (exact) mass is 282 g/mol. The summed E-state index contributed by atoms with van der Waals surface area (Å²) in [6, 6.07) is 0.473. The Labute approximate surface area is 120 Å². The lowest BCUT2D eigenvalue weighted by Gasteiger charge is -2.34. The van der Waals surface area contributed by atoms with E-state index in [1.807, 2.05) is 11.3 Å². The van der Waals surface area contributed by atoms with Crippen molar-refractivity contribution in [1.82, 2.24) is 10.3 Å². The highest BCUT2D eigenvalue weighted by Crippen LogP contribution is 2.43. The van der Waals surface area contributed by atoms with Gasteiger partial charge in [0.15, 0.2) is 0 Å². The molecule has 1 unspecified atom stereocenters. The van der Waals surface area contributed by atoms with E-state index in [9.17, 15) is 0 Å². The molecule has 1 aromatic heterocycles. The number of hydrogen-bond acceptors (Lipinski definition) is 4. The first-order chi connectivity index (χ1) is 9.05. The number of thiazole rings is 1. The van der Waals surface area contributed by atoms with Crippen LogP contribution in [0.1, 0.15) is 62.2 Å². The largest absolute Gasteiger partial charge is 0.374 e. The Morgan fingerprint density at radius 3 is 2.89 bits per heavy atom. The molecule has 1 N–H and O–H groups in total. The van der Waals surface area contributed by atoms with Crippen molar-refractivity contribution >= 4 is 11.3 Å². The van der Waals surface area contributed by atoms with Gasteiger partial charge in [-0.15, -0.1) is 11.3 Å². The fourth-order valence-corrected chi connectivity index (χ4v) is 3.86. The molecule has 1 atom stereocenters. The van der Waals surface area contributed by atoms with Gasteiger partial charge in [-0.2, -0.15) is 0 Å². The van der Waals surface area contributed by atoms with Crippen LogP contribution in [0.25, 0.3) is 0 Å². The van der Waals surface area contributed by atoms with Crippen LogP contribution >= 0.6 is 11.3 Å². The Balaban J connectivity index is 2.13. The third-order valence-electron chi connectivity index (χ3n) is 3.52. The second kappa shape index (κ2) is 6.33. The zero-order valence-corrected chi connectivity index (χ0v) is 13.4. The third kappa shape index (κ3) is 3.77. The summed E-state index contributed by atoms with van der Waals surface area (Å²) in [6.07, 6.45) is 3.36.